The second kappa shape index (κ2) is 4.40. The highest BCUT2D eigenvalue weighted by molar-refractivity contribution is 4.88. The molecule has 0 saturated carbocycles. The molecule has 3 heteroatoms. The van der Waals surface area contributed by atoms with Crippen molar-refractivity contribution in [2.75, 3.05) is 39.4 Å². The summed E-state index contributed by atoms with van der Waals surface area (Å²) in [4.78, 5) is 2.73. The molecule has 3 saturated heterocycles. The van der Waals surface area contributed by atoms with Gasteiger partial charge in [0, 0.05) is 25.1 Å². The van der Waals surface area contributed by atoms with E-state index < -0.39 is 0 Å². The Morgan fingerprint density at radius 2 is 1.80 bits per heavy atom. The Labute approximate surface area is 92.2 Å². The summed E-state index contributed by atoms with van der Waals surface area (Å²) in [7, 11) is 0. The van der Waals surface area contributed by atoms with Crippen molar-refractivity contribution < 1.29 is 4.74 Å². The van der Waals surface area contributed by atoms with Crippen LogP contribution in [-0.2, 0) is 4.74 Å². The summed E-state index contributed by atoms with van der Waals surface area (Å²) in [5.41, 5.74) is 0. The van der Waals surface area contributed by atoms with Crippen molar-refractivity contribution >= 4 is 0 Å². The molecule has 3 fully saturated rings. The topological polar surface area (TPSA) is 24.5 Å². The van der Waals surface area contributed by atoms with E-state index in [4.69, 9.17) is 4.74 Å². The lowest BCUT2D eigenvalue weighted by Crippen LogP contribution is -2.49. The number of piperidine rings is 2. The minimum absolute atomic E-state index is 0.841. The van der Waals surface area contributed by atoms with Gasteiger partial charge in [-0.1, -0.05) is 0 Å². The molecule has 3 aliphatic heterocycles. The van der Waals surface area contributed by atoms with Gasteiger partial charge in [0.1, 0.15) is 0 Å². The van der Waals surface area contributed by atoms with Gasteiger partial charge in [0.05, 0.1) is 6.61 Å². The predicted octanol–water partition coefficient (Wildman–Crippen LogP) is 0.707. The molecule has 86 valence electrons. The number of rotatable bonds is 1. The van der Waals surface area contributed by atoms with E-state index in [9.17, 15) is 0 Å². The van der Waals surface area contributed by atoms with Gasteiger partial charge in [-0.25, -0.2) is 0 Å². The lowest BCUT2D eigenvalue weighted by molar-refractivity contribution is 0.0858. The van der Waals surface area contributed by atoms with E-state index in [2.05, 4.69) is 10.2 Å². The molecule has 0 aliphatic carbocycles. The molecule has 0 radical (unpaired) electrons. The van der Waals surface area contributed by atoms with Gasteiger partial charge in [0.2, 0.25) is 0 Å². The van der Waals surface area contributed by atoms with Crippen LogP contribution in [0.2, 0.25) is 0 Å². The maximum atomic E-state index is 5.59. The fraction of sp³-hybridized carbons (Fsp3) is 1.00. The summed E-state index contributed by atoms with van der Waals surface area (Å²) in [5.74, 6) is 1.72. The molecule has 1 N–H and O–H groups in total. The molecule has 0 spiro atoms. The summed E-state index contributed by atoms with van der Waals surface area (Å²) in [5, 5.41) is 3.45. The van der Waals surface area contributed by atoms with E-state index in [1.54, 1.807) is 0 Å². The molecule has 0 aromatic heterocycles. The Bertz CT molecular complexity index is 216. The van der Waals surface area contributed by atoms with Crippen LogP contribution in [0.25, 0.3) is 0 Å². The van der Waals surface area contributed by atoms with E-state index in [1.165, 1.54) is 45.4 Å². The van der Waals surface area contributed by atoms with Gasteiger partial charge in [-0.2, -0.15) is 0 Å². The van der Waals surface area contributed by atoms with Crippen LogP contribution in [0, 0.1) is 11.8 Å². The number of nitrogens with zero attached hydrogens (tertiary/aromatic N) is 1. The van der Waals surface area contributed by atoms with Crippen LogP contribution in [0.5, 0.6) is 0 Å². The summed E-state index contributed by atoms with van der Waals surface area (Å²) in [6.45, 7) is 7.10. The van der Waals surface area contributed by atoms with Gasteiger partial charge in [-0.3, -0.25) is 4.90 Å². The number of nitrogens with one attached hydrogen (secondary N) is 1. The normalized spacial score (nSPS) is 39.2. The highest BCUT2D eigenvalue weighted by Gasteiger charge is 2.36. The summed E-state index contributed by atoms with van der Waals surface area (Å²) in [6, 6.07) is 0.854. The molecular weight excluding hydrogens is 188 g/mol. The molecule has 0 unspecified atom stereocenters. The maximum Gasteiger partial charge on any atom is 0.0510 e. The van der Waals surface area contributed by atoms with Gasteiger partial charge in [-0.15, -0.1) is 0 Å². The lowest BCUT2D eigenvalue weighted by atomic mass is 9.87. The molecule has 15 heavy (non-hydrogen) atoms. The molecule has 0 bridgehead atoms. The minimum atomic E-state index is 0.841. The number of hydrogen-bond donors (Lipinski definition) is 1. The Morgan fingerprint density at radius 3 is 2.67 bits per heavy atom. The van der Waals surface area contributed by atoms with Crippen molar-refractivity contribution in [3.63, 3.8) is 0 Å². The van der Waals surface area contributed by atoms with E-state index in [-0.39, 0.29) is 0 Å². The van der Waals surface area contributed by atoms with Gasteiger partial charge in [-0.05, 0) is 44.8 Å². The number of fused-ring (bicyclic) bond motifs is 1. The Hall–Kier alpha value is -0.120. The van der Waals surface area contributed by atoms with Crippen molar-refractivity contribution in [3.8, 4) is 0 Å². The lowest BCUT2D eigenvalue weighted by Gasteiger charge is -2.40. The van der Waals surface area contributed by atoms with Crippen LogP contribution in [0.4, 0.5) is 0 Å². The van der Waals surface area contributed by atoms with E-state index in [0.29, 0.717) is 0 Å². The van der Waals surface area contributed by atoms with Gasteiger partial charge < -0.3 is 10.1 Å². The average molecular weight is 210 g/mol. The third kappa shape index (κ3) is 2.05. The Balaban J connectivity index is 1.58. The van der Waals surface area contributed by atoms with E-state index in [1.807, 2.05) is 0 Å². The summed E-state index contributed by atoms with van der Waals surface area (Å²) < 4.78 is 5.59. The molecule has 3 nitrogen and oxygen atoms in total. The molecule has 0 amide bonds. The van der Waals surface area contributed by atoms with Crippen LogP contribution in [0.15, 0.2) is 0 Å². The third-order valence-corrected chi connectivity index (χ3v) is 4.41. The Kier molecular flexibility index (Phi) is 2.95. The van der Waals surface area contributed by atoms with Crippen LogP contribution in [0.1, 0.15) is 19.3 Å². The first-order valence-corrected chi connectivity index (χ1v) is 6.46. The minimum Gasteiger partial charge on any atom is -0.381 e. The highest BCUT2D eigenvalue weighted by atomic mass is 16.5. The molecule has 3 heterocycles. The standard InChI is InChI=1S/C12H22N2O/c1-4-13-5-2-12(1)14-6-3-10-8-15-9-11(10)7-14/h10-13H,1-9H2/t10-,11+/m0/s1. The largest absolute Gasteiger partial charge is 0.381 e. The van der Waals surface area contributed by atoms with Gasteiger partial charge in [0.15, 0.2) is 0 Å². The monoisotopic (exact) mass is 210 g/mol. The first-order valence-electron chi connectivity index (χ1n) is 6.46. The smallest absolute Gasteiger partial charge is 0.0510 e. The van der Waals surface area contributed by atoms with E-state index in [0.717, 1.165) is 31.1 Å². The van der Waals surface area contributed by atoms with Crippen LogP contribution in [0.3, 0.4) is 0 Å². The van der Waals surface area contributed by atoms with Crippen LogP contribution >= 0.6 is 0 Å². The van der Waals surface area contributed by atoms with Crippen LogP contribution < -0.4 is 5.32 Å². The predicted molar refractivity (Wildman–Crippen MR) is 59.9 cm³/mol. The first kappa shape index (κ1) is 10.1. The Morgan fingerprint density at radius 1 is 1.00 bits per heavy atom. The van der Waals surface area contributed by atoms with Gasteiger partial charge >= 0.3 is 0 Å². The summed E-state index contributed by atoms with van der Waals surface area (Å²) in [6.07, 6.45) is 4.06. The van der Waals surface area contributed by atoms with Crippen LogP contribution in [-0.4, -0.2) is 50.3 Å². The fourth-order valence-corrected chi connectivity index (χ4v) is 3.39. The van der Waals surface area contributed by atoms with E-state index >= 15 is 0 Å². The summed E-state index contributed by atoms with van der Waals surface area (Å²) >= 11 is 0. The maximum absolute atomic E-state index is 5.59. The molecule has 3 aliphatic rings. The average Bonchev–Trinajstić information content (AvgIpc) is 2.77. The van der Waals surface area contributed by atoms with Crippen molar-refractivity contribution in [2.24, 2.45) is 11.8 Å². The molecule has 0 aromatic carbocycles. The fourth-order valence-electron chi connectivity index (χ4n) is 3.39. The second-order valence-corrected chi connectivity index (χ2v) is 5.32. The molecule has 2 atom stereocenters. The zero-order valence-corrected chi connectivity index (χ0v) is 9.45. The number of hydrogen-bond acceptors (Lipinski definition) is 3. The van der Waals surface area contributed by atoms with Crippen molar-refractivity contribution in [2.45, 2.75) is 25.3 Å². The molecule has 3 rings (SSSR count). The van der Waals surface area contributed by atoms with Crippen molar-refractivity contribution in [3.05, 3.63) is 0 Å². The second-order valence-electron chi connectivity index (χ2n) is 5.32. The number of ether oxygens (including phenoxy) is 1. The zero-order valence-electron chi connectivity index (χ0n) is 9.45. The molecular formula is C12H22N2O. The SMILES string of the molecule is C1CC(N2CC[C@H]3COC[C@H]3C2)CCN1. The first-order chi connectivity index (χ1) is 7.43. The van der Waals surface area contributed by atoms with Crippen molar-refractivity contribution in [1.82, 2.24) is 10.2 Å². The number of likely N-dealkylation sites (tertiary alicyclic amines) is 1. The molecule has 0 aromatic rings. The van der Waals surface area contributed by atoms with Gasteiger partial charge in [0.25, 0.3) is 0 Å². The quantitative estimate of drug-likeness (QED) is 0.690. The van der Waals surface area contributed by atoms with Crippen molar-refractivity contribution in [1.29, 1.82) is 0 Å². The third-order valence-electron chi connectivity index (χ3n) is 4.41. The zero-order chi connectivity index (χ0) is 10.1. The highest BCUT2D eigenvalue weighted by Crippen LogP contribution is 2.31.